The third-order valence-corrected chi connectivity index (χ3v) is 2.83. The smallest absolute Gasteiger partial charge is 0.235 e. The zero-order valence-corrected chi connectivity index (χ0v) is 9.54. The molecule has 1 aromatic rings. The number of sulfonamides is 1. The molecule has 1 rings (SSSR count). The standard InChI is InChI=1S/C8H15N3O3S/c1-7(2)14-3-4-15(12,13)11-8-5-9-10-6-8/h5-7,11H,3-4H2,1-2H3,(H,9,10). The van der Waals surface area contributed by atoms with E-state index in [0.29, 0.717) is 5.69 Å². The van der Waals surface area contributed by atoms with E-state index in [2.05, 4.69) is 14.9 Å². The molecule has 0 saturated heterocycles. The number of ether oxygens (including phenoxy) is 1. The van der Waals surface area contributed by atoms with Gasteiger partial charge in [0, 0.05) is 6.20 Å². The Morgan fingerprint density at radius 1 is 1.60 bits per heavy atom. The summed E-state index contributed by atoms with van der Waals surface area (Å²) in [5.74, 6) is -0.0592. The molecular formula is C8H15N3O3S. The van der Waals surface area contributed by atoms with Crippen LogP contribution in [0.4, 0.5) is 5.69 Å². The van der Waals surface area contributed by atoms with Crippen LogP contribution in [0.5, 0.6) is 0 Å². The van der Waals surface area contributed by atoms with Crippen molar-refractivity contribution < 1.29 is 13.2 Å². The fourth-order valence-corrected chi connectivity index (χ4v) is 1.82. The van der Waals surface area contributed by atoms with Crippen LogP contribution in [0.25, 0.3) is 0 Å². The Bertz CT molecular complexity index is 372. The first kappa shape index (κ1) is 12.0. The second-order valence-electron chi connectivity index (χ2n) is 3.33. The van der Waals surface area contributed by atoms with Crippen LogP contribution in [-0.4, -0.2) is 37.1 Å². The largest absolute Gasteiger partial charge is 0.378 e. The molecule has 0 aliphatic carbocycles. The first-order valence-electron chi connectivity index (χ1n) is 4.60. The van der Waals surface area contributed by atoms with E-state index in [4.69, 9.17) is 4.74 Å². The van der Waals surface area contributed by atoms with E-state index in [0.717, 1.165) is 0 Å². The van der Waals surface area contributed by atoms with E-state index in [1.54, 1.807) is 0 Å². The van der Waals surface area contributed by atoms with Gasteiger partial charge in [-0.3, -0.25) is 9.82 Å². The van der Waals surface area contributed by atoms with Crippen molar-refractivity contribution in [2.24, 2.45) is 0 Å². The molecule has 7 heteroatoms. The lowest BCUT2D eigenvalue weighted by Crippen LogP contribution is -2.21. The van der Waals surface area contributed by atoms with E-state index >= 15 is 0 Å². The SMILES string of the molecule is CC(C)OCCS(=O)(=O)Nc1cn[nH]c1. The van der Waals surface area contributed by atoms with Gasteiger partial charge in [0.1, 0.15) is 0 Å². The molecular weight excluding hydrogens is 218 g/mol. The zero-order valence-electron chi connectivity index (χ0n) is 8.73. The van der Waals surface area contributed by atoms with Crippen molar-refractivity contribution in [2.45, 2.75) is 20.0 Å². The molecule has 0 aliphatic heterocycles. The first-order chi connectivity index (χ1) is 6.99. The van der Waals surface area contributed by atoms with Crippen molar-refractivity contribution in [3.8, 4) is 0 Å². The number of nitrogens with zero attached hydrogens (tertiary/aromatic N) is 1. The van der Waals surface area contributed by atoms with Crippen LogP contribution >= 0.6 is 0 Å². The summed E-state index contributed by atoms with van der Waals surface area (Å²) < 4.78 is 30.4. The molecule has 0 fully saturated rings. The molecule has 1 heterocycles. The van der Waals surface area contributed by atoms with Crippen LogP contribution in [-0.2, 0) is 14.8 Å². The maximum Gasteiger partial charge on any atom is 0.235 e. The summed E-state index contributed by atoms with van der Waals surface area (Å²) in [6.45, 7) is 3.90. The predicted molar refractivity (Wildman–Crippen MR) is 57.1 cm³/mol. The summed E-state index contributed by atoms with van der Waals surface area (Å²) in [6, 6.07) is 0. The fraction of sp³-hybridized carbons (Fsp3) is 0.625. The molecule has 15 heavy (non-hydrogen) atoms. The number of nitrogens with one attached hydrogen (secondary N) is 2. The molecule has 0 radical (unpaired) electrons. The Kier molecular flexibility index (Phi) is 4.10. The molecule has 0 aliphatic rings. The number of hydrogen-bond acceptors (Lipinski definition) is 4. The lowest BCUT2D eigenvalue weighted by molar-refractivity contribution is 0.0913. The van der Waals surface area contributed by atoms with Gasteiger partial charge in [0.05, 0.1) is 30.3 Å². The Hall–Kier alpha value is -1.08. The minimum atomic E-state index is -3.34. The summed E-state index contributed by atoms with van der Waals surface area (Å²) in [7, 11) is -3.34. The van der Waals surface area contributed by atoms with E-state index < -0.39 is 10.0 Å². The van der Waals surface area contributed by atoms with Crippen LogP contribution in [0.3, 0.4) is 0 Å². The summed E-state index contributed by atoms with van der Waals surface area (Å²) in [6.07, 6.45) is 2.91. The molecule has 1 aromatic heterocycles. The molecule has 6 nitrogen and oxygen atoms in total. The number of hydrogen-bond donors (Lipinski definition) is 2. The minimum absolute atomic E-state index is 0.0362. The van der Waals surface area contributed by atoms with Gasteiger partial charge >= 0.3 is 0 Å². The maximum atomic E-state index is 11.4. The zero-order chi connectivity index (χ0) is 11.3. The molecule has 0 unspecified atom stereocenters. The second kappa shape index (κ2) is 5.13. The first-order valence-corrected chi connectivity index (χ1v) is 6.26. The lowest BCUT2D eigenvalue weighted by Gasteiger charge is -2.08. The Balaban J connectivity index is 2.39. The van der Waals surface area contributed by atoms with Crippen LogP contribution in [0.2, 0.25) is 0 Å². The van der Waals surface area contributed by atoms with Crippen LogP contribution in [0, 0.1) is 0 Å². The van der Waals surface area contributed by atoms with Crippen molar-refractivity contribution in [1.29, 1.82) is 0 Å². The van der Waals surface area contributed by atoms with E-state index in [1.807, 2.05) is 13.8 Å². The van der Waals surface area contributed by atoms with Gasteiger partial charge in [0.15, 0.2) is 0 Å². The van der Waals surface area contributed by atoms with Gasteiger partial charge in [0.25, 0.3) is 0 Å². The molecule has 0 bridgehead atoms. The Morgan fingerprint density at radius 2 is 2.33 bits per heavy atom. The topological polar surface area (TPSA) is 84.1 Å². The van der Waals surface area contributed by atoms with Crippen molar-refractivity contribution >= 4 is 15.7 Å². The molecule has 0 atom stereocenters. The number of anilines is 1. The highest BCUT2D eigenvalue weighted by Gasteiger charge is 2.11. The average molecular weight is 233 g/mol. The maximum absolute atomic E-state index is 11.4. The van der Waals surface area contributed by atoms with Crippen molar-refractivity contribution in [3.63, 3.8) is 0 Å². The van der Waals surface area contributed by atoms with Gasteiger partial charge < -0.3 is 4.74 Å². The lowest BCUT2D eigenvalue weighted by atomic mass is 10.5. The quantitative estimate of drug-likeness (QED) is 0.752. The summed E-state index contributed by atoms with van der Waals surface area (Å²) in [5, 5.41) is 6.15. The summed E-state index contributed by atoms with van der Waals surface area (Å²) >= 11 is 0. The minimum Gasteiger partial charge on any atom is -0.378 e. The van der Waals surface area contributed by atoms with Gasteiger partial charge in [-0.25, -0.2) is 8.42 Å². The predicted octanol–water partition coefficient (Wildman–Crippen LogP) is 0.576. The Morgan fingerprint density at radius 3 is 2.87 bits per heavy atom. The number of aromatic nitrogens is 2. The van der Waals surface area contributed by atoms with Gasteiger partial charge in [-0.05, 0) is 13.8 Å². The van der Waals surface area contributed by atoms with Crippen molar-refractivity contribution in [1.82, 2.24) is 10.2 Å². The third kappa shape index (κ3) is 4.80. The third-order valence-electron chi connectivity index (χ3n) is 1.57. The molecule has 2 N–H and O–H groups in total. The second-order valence-corrected chi connectivity index (χ2v) is 5.17. The van der Waals surface area contributed by atoms with Gasteiger partial charge in [-0.15, -0.1) is 0 Å². The monoisotopic (exact) mass is 233 g/mol. The average Bonchev–Trinajstić information content (AvgIpc) is 2.54. The summed E-state index contributed by atoms with van der Waals surface area (Å²) in [4.78, 5) is 0. The van der Waals surface area contributed by atoms with Crippen LogP contribution < -0.4 is 4.72 Å². The highest BCUT2D eigenvalue weighted by molar-refractivity contribution is 7.92. The van der Waals surface area contributed by atoms with E-state index in [1.165, 1.54) is 12.4 Å². The highest BCUT2D eigenvalue weighted by atomic mass is 32.2. The highest BCUT2D eigenvalue weighted by Crippen LogP contribution is 2.04. The molecule has 86 valence electrons. The van der Waals surface area contributed by atoms with Crippen LogP contribution in [0.1, 0.15) is 13.8 Å². The van der Waals surface area contributed by atoms with Crippen molar-refractivity contribution in [2.75, 3.05) is 17.1 Å². The number of rotatable bonds is 6. The van der Waals surface area contributed by atoms with E-state index in [9.17, 15) is 8.42 Å². The molecule has 0 aromatic carbocycles. The molecule has 0 spiro atoms. The normalized spacial score (nSPS) is 11.9. The van der Waals surface area contributed by atoms with E-state index in [-0.39, 0.29) is 18.5 Å². The number of aromatic amines is 1. The van der Waals surface area contributed by atoms with Crippen molar-refractivity contribution in [3.05, 3.63) is 12.4 Å². The van der Waals surface area contributed by atoms with Gasteiger partial charge in [-0.2, -0.15) is 5.10 Å². The Labute approximate surface area is 89.1 Å². The summed E-state index contributed by atoms with van der Waals surface area (Å²) in [5.41, 5.74) is 0.430. The van der Waals surface area contributed by atoms with Gasteiger partial charge in [0.2, 0.25) is 10.0 Å². The molecule has 0 saturated carbocycles. The fourth-order valence-electron chi connectivity index (χ4n) is 0.931. The van der Waals surface area contributed by atoms with Crippen LogP contribution in [0.15, 0.2) is 12.4 Å². The molecule has 0 amide bonds. The number of H-pyrrole nitrogens is 1. The van der Waals surface area contributed by atoms with Gasteiger partial charge in [-0.1, -0.05) is 0 Å².